The first-order valence-electron chi connectivity index (χ1n) is 7.07. The summed E-state index contributed by atoms with van der Waals surface area (Å²) in [7, 11) is 0. The Morgan fingerprint density at radius 2 is 2.32 bits per heavy atom. The quantitative estimate of drug-likeness (QED) is 0.914. The van der Waals surface area contributed by atoms with Crippen molar-refractivity contribution in [3.8, 4) is 0 Å². The van der Waals surface area contributed by atoms with Crippen molar-refractivity contribution in [3.63, 3.8) is 0 Å². The summed E-state index contributed by atoms with van der Waals surface area (Å²) >= 11 is 1.64. The van der Waals surface area contributed by atoms with Crippen molar-refractivity contribution >= 4 is 11.8 Å². The standard InChI is InChI=1S/C15H20FNOS/c16-13-3-1-2-12-14(6-9-19-15(12)13)17-7-4-11-5-8-18-10-11/h1-3,11,14,17H,4-10H2. The average molecular weight is 281 g/mol. The lowest BCUT2D eigenvalue weighted by molar-refractivity contribution is 0.184. The highest BCUT2D eigenvalue weighted by Crippen LogP contribution is 2.37. The molecule has 0 aromatic heterocycles. The Bertz CT molecular complexity index is 434. The molecule has 2 atom stereocenters. The molecule has 0 amide bonds. The minimum absolute atomic E-state index is 0.0711. The molecule has 2 aliphatic rings. The van der Waals surface area contributed by atoms with Gasteiger partial charge in [-0.15, -0.1) is 11.8 Å². The summed E-state index contributed by atoms with van der Waals surface area (Å²) in [5.41, 5.74) is 1.14. The molecular formula is C15H20FNOS. The van der Waals surface area contributed by atoms with E-state index in [0.717, 1.165) is 48.8 Å². The van der Waals surface area contributed by atoms with Crippen molar-refractivity contribution < 1.29 is 9.13 Å². The molecule has 1 N–H and O–H groups in total. The van der Waals surface area contributed by atoms with E-state index in [2.05, 4.69) is 11.4 Å². The summed E-state index contributed by atoms with van der Waals surface area (Å²) in [5.74, 6) is 1.63. The predicted molar refractivity (Wildman–Crippen MR) is 76.0 cm³/mol. The van der Waals surface area contributed by atoms with Crippen LogP contribution in [0.15, 0.2) is 23.1 Å². The van der Waals surface area contributed by atoms with Crippen molar-refractivity contribution in [2.24, 2.45) is 5.92 Å². The van der Waals surface area contributed by atoms with E-state index in [4.69, 9.17) is 4.74 Å². The zero-order chi connectivity index (χ0) is 13.1. The van der Waals surface area contributed by atoms with Gasteiger partial charge in [0.2, 0.25) is 0 Å². The van der Waals surface area contributed by atoms with Crippen LogP contribution in [-0.2, 0) is 4.74 Å². The number of hydrogen-bond donors (Lipinski definition) is 1. The lowest BCUT2D eigenvalue weighted by Gasteiger charge is -2.26. The highest BCUT2D eigenvalue weighted by molar-refractivity contribution is 7.99. The molecule has 2 nitrogen and oxygen atoms in total. The number of fused-ring (bicyclic) bond motifs is 1. The number of rotatable bonds is 4. The SMILES string of the molecule is Fc1cccc2c1SCCC2NCCC1CCOC1. The zero-order valence-corrected chi connectivity index (χ0v) is 11.8. The Morgan fingerprint density at radius 3 is 3.16 bits per heavy atom. The van der Waals surface area contributed by atoms with E-state index in [-0.39, 0.29) is 5.82 Å². The molecule has 1 fully saturated rings. The lowest BCUT2D eigenvalue weighted by atomic mass is 10.0. The van der Waals surface area contributed by atoms with Crippen molar-refractivity contribution in [2.45, 2.75) is 30.2 Å². The number of nitrogens with one attached hydrogen (secondary N) is 1. The molecule has 0 aliphatic carbocycles. The second-order valence-corrected chi connectivity index (χ2v) is 6.43. The van der Waals surface area contributed by atoms with E-state index in [1.165, 1.54) is 6.42 Å². The maximum atomic E-state index is 13.7. The van der Waals surface area contributed by atoms with Crippen LogP contribution in [0, 0.1) is 11.7 Å². The van der Waals surface area contributed by atoms with Crippen LogP contribution >= 0.6 is 11.8 Å². The molecule has 1 aromatic rings. The fraction of sp³-hybridized carbons (Fsp3) is 0.600. The summed E-state index contributed by atoms with van der Waals surface area (Å²) in [5, 5.41) is 3.60. The minimum Gasteiger partial charge on any atom is -0.381 e. The van der Waals surface area contributed by atoms with Gasteiger partial charge in [-0.3, -0.25) is 0 Å². The molecule has 2 aliphatic heterocycles. The number of ether oxygens (including phenoxy) is 1. The largest absolute Gasteiger partial charge is 0.381 e. The van der Waals surface area contributed by atoms with Crippen molar-refractivity contribution in [2.75, 3.05) is 25.5 Å². The third kappa shape index (κ3) is 3.12. The molecule has 4 heteroatoms. The molecule has 0 radical (unpaired) electrons. The molecule has 0 saturated carbocycles. The average Bonchev–Trinajstić information content (AvgIpc) is 2.93. The topological polar surface area (TPSA) is 21.3 Å². The molecule has 104 valence electrons. The van der Waals surface area contributed by atoms with E-state index in [1.54, 1.807) is 17.8 Å². The molecular weight excluding hydrogens is 261 g/mol. The van der Waals surface area contributed by atoms with Crippen molar-refractivity contribution in [1.29, 1.82) is 0 Å². The van der Waals surface area contributed by atoms with Gasteiger partial charge in [-0.05, 0) is 49.1 Å². The lowest BCUT2D eigenvalue weighted by Crippen LogP contribution is -2.27. The van der Waals surface area contributed by atoms with Crippen LogP contribution in [0.1, 0.15) is 30.9 Å². The Hall–Kier alpha value is -0.580. The number of thioether (sulfide) groups is 1. The molecule has 2 heterocycles. The van der Waals surface area contributed by atoms with E-state index >= 15 is 0 Å². The van der Waals surface area contributed by atoms with Gasteiger partial charge in [0, 0.05) is 24.2 Å². The van der Waals surface area contributed by atoms with Crippen LogP contribution in [-0.4, -0.2) is 25.5 Å². The van der Waals surface area contributed by atoms with Crippen molar-refractivity contribution in [1.82, 2.24) is 5.32 Å². The summed E-state index contributed by atoms with van der Waals surface area (Å²) < 4.78 is 19.1. The Balaban J connectivity index is 1.58. The number of benzene rings is 1. The van der Waals surface area contributed by atoms with Gasteiger partial charge in [-0.1, -0.05) is 12.1 Å². The summed E-state index contributed by atoms with van der Waals surface area (Å²) in [6.07, 6.45) is 3.43. The van der Waals surface area contributed by atoms with E-state index < -0.39 is 0 Å². The second kappa shape index (κ2) is 6.25. The van der Waals surface area contributed by atoms with Crippen LogP contribution in [0.2, 0.25) is 0 Å². The fourth-order valence-corrected chi connectivity index (χ4v) is 4.01. The van der Waals surface area contributed by atoms with E-state index in [9.17, 15) is 4.39 Å². The van der Waals surface area contributed by atoms with Gasteiger partial charge in [-0.25, -0.2) is 4.39 Å². The van der Waals surface area contributed by atoms with Gasteiger partial charge in [0.1, 0.15) is 5.82 Å². The Morgan fingerprint density at radius 1 is 1.37 bits per heavy atom. The van der Waals surface area contributed by atoms with Gasteiger partial charge >= 0.3 is 0 Å². The normalized spacial score (nSPS) is 26.4. The monoisotopic (exact) mass is 281 g/mol. The Labute approximate surface area is 118 Å². The van der Waals surface area contributed by atoms with Crippen LogP contribution in [0.25, 0.3) is 0 Å². The highest BCUT2D eigenvalue weighted by Gasteiger charge is 2.23. The first-order chi connectivity index (χ1) is 9.34. The van der Waals surface area contributed by atoms with Crippen LogP contribution < -0.4 is 5.32 Å². The summed E-state index contributed by atoms with van der Waals surface area (Å²) in [6, 6.07) is 5.75. The smallest absolute Gasteiger partial charge is 0.137 e. The third-order valence-electron chi connectivity index (χ3n) is 3.99. The molecule has 0 spiro atoms. The summed E-state index contributed by atoms with van der Waals surface area (Å²) in [4.78, 5) is 0.843. The Kier molecular flexibility index (Phi) is 4.41. The molecule has 3 rings (SSSR count). The van der Waals surface area contributed by atoms with Gasteiger partial charge in [0.05, 0.1) is 0 Å². The predicted octanol–water partition coefficient (Wildman–Crippen LogP) is 3.38. The highest BCUT2D eigenvalue weighted by atomic mass is 32.2. The maximum absolute atomic E-state index is 13.7. The third-order valence-corrected chi connectivity index (χ3v) is 5.15. The minimum atomic E-state index is -0.0711. The molecule has 1 saturated heterocycles. The van der Waals surface area contributed by atoms with Gasteiger partial charge < -0.3 is 10.1 Å². The van der Waals surface area contributed by atoms with Gasteiger partial charge in [-0.2, -0.15) is 0 Å². The summed E-state index contributed by atoms with van der Waals surface area (Å²) in [6.45, 7) is 2.82. The molecule has 2 unspecified atom stereocenters. The van der Waals surface area contributed by atoms with Crippen LogP contribution in [0.3, 0.4) is 0 Å². The maximum Gasteiger partial charge on any atom is 0.137 e. The molecule has 0 bridgehead atoms. The van der Waals surface area contributed by atoms with Gasteiger partial charge in [0.15, 0.2) is 0 Å². The van der Waals surface area contributed by atoms with Crippen LogP contribution in [0.5, 0.6) is 0 Å². The first kappa shape index (κ1) is 13.4. The fourth-order valence-electron chi connectivity index (χ4n) is 2.87. The van der Waals surface area contributed by atoms with E-state index in [0.29, 0.717) is 12.0 Å². The van der Waals surface area contributed by atoms with Crippen molar-refractivity contribution in [3.05, 3.63) is 29.6 Å². The first-order valence-corrected chi connectivity index (χ1v) is 8.05. The number of halogens is 1. The van der Waals surface area contributed by atoms with E-state index in [1.807, 2.05) is 6.07 Å². The van der Waals surface area contributed by atoms with Crippen LogP contribution in [0.4, 0.5) is 4.39 Å². The molecule has 1 aromatic carbocycles. The number of hydrogen-bond acceptors (Lipinski definition) is 3. The molecule has 19 heavy (non-hydrogen) atoms. The van der Waals surface area contributed by atoms with Gasteiger partial charge in [0.25, 0.3) is 0 Å². The zero-order valence-electron chi connectivity index (χ0n) is 11.0. The second-order valence-electron chi connectivity index (χ2n) is 5.32.